The van der Waals surface area contributed by atoms with Crippen LogP contribution >= 0.6 is 15.9 Å². The second kappa shape index (κ2) is 7.78. The number of rotatable bonds is 5. The Bertz CT molecular complexity index is 840. The number of hydrogen-bond acceptors (Lipinski definition) is 4. The van der Waals surface area contributed by atoms with Gasteiger partial charge in [-0.05, 0) is 36.8 Å². The van der Waals surface area contributed by atoms with Crippen molar-refractivity contribution in [3.63, 3.8) is 0 Å². The molecule has 6 nitrogen and oxygen atoms in total. The summed E-state index contributed by atoms with van der Waals surface area (Å²) in [6.45, 7) is 0.513. The Kier molecular flexibility index (Phi) is 5.46. The van der Waals surface area contributed by atoms with Gasteiger partial charge in [0.1, 0.15) is 5.92 Å². The molecule has 0 aromatic heterocycles. The summed E-state index contributed by atoms with van der Waals surface area (Å²) in [5.41, 5.74) is 1.34. The van der Waals surface area contributed by atoms with E-state index in [4.69, 9.17) is 9.47 Å². The Morgan fingerprint density at radius 1 is 1.15 bits per heavy atom. The fourth-order valence-electron chi connectivity index (χ4n) is 2.97. The lowest BCUT2D eigenvalue weighted by molar-refractivity contribution is -0.129. The third-order valence-electron chi connectivity index (χ3n) is 4.29. The number of halogens is 1. The molecule has 2 aromatic carbocycles. The molecule has 0 bridgehead atoms. The summed E-state index contributed by atoms with van der Waals surface area (Å²) in [5.74, 6) is -0.134. The minimum absolute atomic E-state index is 0.193. The van der Waals surface area contributed by atoms with Gasteiger partial charge < -0.3 is 19.7 Å². The molecule has 2 aromatic rings. The zero-order valence-corrected chi connectivity index (χ0v) is 16.1. The molecular weight excluding hydrogens is 400 g/mol. The molecule has 136 valence electrons. The predicted octanol–water partition coefficient (Wildman–Crippen LogP) is 3.46. The maximum absolute atomic E-state index is 12.7. The summed E-state index contributed by atoms with van der Waals surface area (Å²) < 4.78 is 11.3. The zero-order chi connectivity index (χ0) is 18.7. The van der Waals surface area contributed by atoms with Crippen LogP contribution < -0.4 is 19.7 Å². The number of anilines is 2. The average Bonchev–Trinajstić information content (AvgIpc) is 3.03. The van der Waals surface area contributed by atoms with Crippen LogP contribution in [0.2, 0.25) is 0 Å². The van der Waals surface area contributed by atoms with Crippen molar-refractivity contribution in [2.75, 3.05) is 31.0 Å². The van der Waals surface area contributed by atoms with Gasteiger partial charge in [0.25, 0.3) is 0 Å². The van der Waals surface area contributed by atoms with Gasteiger partial charge in [0.05, 0.1) is 14.2 Å². The van der Waals surface area contributed by atoms with E-state index in [2.05, 4.69) is 21.2 Å². The van der Waals surface area contributed by atoms with Crippen molar-refractivity contribution in [3.05, 3.63) is 46.9 Å². The number of nitrogens with zero attached hydrogens (tertiary/aromatic N) is 1. The first-order valence-corrected chi connectivity index (χ1v) is 8.92. The van der Waals surface area contributed by atoms with Crippen molar-refractivity contribution in [3.8, 4) is 11.5 Å². The molecule has 1 saturated heterocycles. The van der Waals surface area contributed by atoms with Crippen LogP contribution in [0.25, 0.3) is 0 Å². The summed E-state index contributed by atoms with van der Waals surface area (Å²) in [6, 6.07) is 12.6. The Balaban J connectivity index is 1.72. The summed E-state index contributed by atoms with van der Waals surface area (Å²) in [7, 11) is 3.07. The van der Waals surface area contributed by atoms with Crippen LogP contribution in [0.4, 0.5) is 11.4 Å². The number of carbonyl (C=O) groups excluding carboxylic acids is 2. The molecule has 0 radical (unpaired) electrons. The van der Waals surface area contributed by atoms with Crippen LogP contribution in [-0.2, 0) is 9.59 Å². The van der Waals surface area contributed by atoms with Crippen LogP contribution in [-0.4, -0.2) is 32.6 Å². The molecule has 1 aliphatic rings. The molecule has 1 aliphatic heterocycles. The highest BCUT2D eigenvalue weighted by Crippen LogP contribution is 2.31. The predicted molar refractivity (Wildman–Crippen MR) is 103 cm³/mol. The number of carbonyl (C=O) groups is 2. The molecule has 1 N–H and O–H groups in total. The van der Waals surface area contributed by atoms with Crippen LogP contribution in [0.15, 0.2) is 46.9 Å². The largest absolute Gasteiger partial charge is 0.493 e. The summed E-state index contributed by atoms with van der Waals surface area (Å²) in [6.07, 6.45) is 0.477. The van der Waals surface area contributed by atoms with E-state index in [1.54, 1.807) is 30.2 Å². The third-order valence-corrected chi connectivity index (χ3v) is 4.79. The highest BCUT2D eigenvalue weighted by molar-refractivity contribution is 9.10. The first kappa shape index (κ1) is 18.3. The van der Waals surface area contributed by atoms with Gasteiger partial charge in [-0.3, -0.25) is 9.59 Å². The van der Waals surface area contributed by atoms with Crippen LogP contribution in [0.5, 0.6) is 11.5 Å². The number of methoxy groups -OCH3 is 2. The number of nitrogens with one attached hydrogen (secondary N) is 1. The first-order chi connectivity index (χ1) is 12.5. The summed E-state index contributed by atoms with van der Waals surface area (Å²) in [5, 5.41) is 2.79. The number of benzene rings is 2. The molecule has 0 saturated carbocycles. The van der Waals surface area contributed by atoms with Crippen LogP contribution in [0.1, 0.15) is 6.42 Å². The topological polar surface area (TPSA) is 67.9 Å². The van der Waals surface area contributed by atoms with Crippen molar-refractivity contribution in [1.82, 2.24) is 0 Å². The number of amides is 2. The second-order valence-electron chi connectivity index (χ2n) is 5.87. The third kappa shape index (κ3) is 3.67. The number of hydrogen-bond donors (Lipinski definition) is 1. The maximum Gasteiger partial charge on any atom is 0.239 e. The van der Waals surface area contributed by atoms with Crippen LogP contribution in [0, 0.1) is 5.92 Å². The molecule has 26 heavy (non-hydrogen) atoms. The Labute approximate surface area is 160 Å². The standard InChI is InChI=1S/C19H19BrN2O4/c1-25-16-7-6-13(11-17(16)26-2)21-18(23)15-8-9-22(19(15)24)14-5-3-4-12(20)10-14/h3-7,10-11,15H,8-9H2,1-2H3,(H,21,23). The molecule has 1 unspecified atom stereocenters. The highest BCUT2D eigenvalue weighted by Gasteiger charge is 2.37. The molecule has 1 heterocycles. The van der Waals surface area contributed by atoms with Crippen molar-refractivity contribution in [1.29, 1.82) is 0 Å². The Morgan fingerprint density at radius 3 is 2.62 bits per heavy atom. The van der Waals surface area contributed by atoms with E-state index >= 15 is 0 Å². The fraction of sp³-hybridized carbons (Fsp3) is 0.263. The Hall–Kier alpha value is -2.54. The van der Waals surface area contributed by atoms with Crippen molar-refractivity contribution >= 4 is 39.1 Å². The lowest BCUT2D eigenvalue weighted by Gasteiger charge is -2.17. The lowest BCUT2D eigenvalue weighted by Crippen LogP contribution is -2.33. The van der Waals surface area contributed by atoms with E-state index < -0.39 is 5.92 Å². The van der Waals surface area contributed by atoms with Gasteiger partial charge in [-0.25, -0.2) is 0 Å². The lowest BCUT2D eigenvalue weighted by atomic mass is 10.1. The fourth-order valence-corrected chi connectivity index (χ4v) is 3.35. The van der Waals surface area contributed by atoms with E-state index in [0.29, 0.717) is 30.2 Å². The maximum atomic E-state index is 12.7. The molecule has 2 amide bonds. The van der Waals surface area contributed by atoms with E-state index in [0.717, 1.165) is 10.2 Å². The van der Waals surface area contributed by atoms with Gasteiger partial charge in [0.15, 0.2) is 11.5 Å². The smallest absolute Gasteiger partial charge is 0.239 e. The van der Waals surface area contributed by atoms with Crippen LogP contribution in [0.3, 0.4) is 0 Å². The number of ether oxygens (including phenoxy) is 2. The summed E-state index contributed by atoms with van der Waals surface area (Å²) in [4.78, 5) is 26.9. The van der Waals surface area contributed by atoms with E-state index in [1.807, 2.05) is 24.3 Å². The molecule has 0 aliphatic carbocycles. The van der Waals surface area contributed by atoms with Gasteiger partial charge in [-0.1, -0.05) is 22.0 Å². The highest BCUT2D eigenvalue weighted by atomic mass is 79.9. The minimum atomic E-state index is -0.706. The molecule has 0 spiro atoms. The minimum Gasteiger partial charge on any atom is -0.493 e. The quantitative estimate of drug-likeness (QED) is 0.754. The second-order valence-corrected chi connectivity index (χ2v) is 6.79. The van der Waals surface area contributed by atoms with Crippen molar-refractivity contribution in [2.45, 2.75) is 6.42 Å². The monoisotopic (exact) mass is 418 g/mol. The van der Waals surface area contributed by atoms with E-state index in [9.17, 15) is 9.59 Å². The average molecular weight is 419 g/mol. The van der Waals surface area contributed by atoms with Gasteiger partial charge in [-0.2, -0.15) is 0 Å². The molecule has 1 fully saturated rings. The van der Waals surface area contributed by atoms with Gasteiger partial charge in [0.2, 0.25) is 11.8 Å². The van der Waals surface area contributed by atoms with Crippen molar-refractivity contribution in [2.24, 2.45) is 5.92 Å². The molecule has 3 rings (SSSR count). The van der Waals surface area contributed by atoms with Gasteiger partial charge in [0, 0.05) is 28.5 Å². The summed E-state index contributed by atoms with van der Waals surface area (Å²) >= 11 is 3.40. The zero-order valence-electron chi connectivity index (χ0n) is 14.5. The molecule has 7 heteroatoms. The normalized spacial score (nSPS) is 16.5. The molecular formula is C19H19BrN2O4. The van der Waals surface area contributed by atoms with E-state index in [1.165, 1.54) is 7.11 Å². The van der Waals surface area contributed by atoms with Gasteiger partial charge >= 0.3 is 0 Å². The SMILES string of the molecule is COc1ccc(NC(=O)C2CCN(c3cccc(Br)c3)C2=O)cc1OC. The van der Waals surface area contributed by atoms with Crippen molar-refractivity contribution < 1.29 is 19.1 Å². The molecule has 1 atom stereocenters. The van der Waals surface area contributed by atoms with Gasteiger partial charge in [-0.15, -0.1) is 0 Å². The Morgan fingerprint density at radius 2 is 1.92 bits per heavy atom. The van der Waals surface area contributed by atoms with E-state index in [-0.39, 0.29) is 11.8 Å². The first-order valence-electron chi connectivity index (χ1n) is 8.13.